The summed E-state index contributed by atoms with van der Waals surface area (Å²) in [5.74, 6) is 0.0608. The predicted octanol–water partition coefficient (Wildman–Crippen LogP) is 0.740. The predicted molar refractivity (Wildman–Crippen MR) is 90.1 cm³/mol. The molecule has 0 saturated carbocycles. The van der Waals surface area contributed by atoms with Crippen molar-refractivity contribution in [2.75, 3.05) is 45.9 Å². The molecule has 1 saturated heterocycles. The van der Waals surface area contributed by atoms with Crippen molar-refractivity contribution < 1.29 is 9.53 Å². The number of hydrogen-bond acceptors (Lipinski definition) is 5. The molecule has 128 valence electrons. The van der Waals surface area contributed by atoms with Gasteiger partial charge in [0.05, 0.1) is 25.4 Å². The first kappa shape index (κ1) is 17.8. The van der Waals surface area contributed by atoms with Crippen LogP contribution in [0.25, 0.3) is 0 Å². The largest absolute Gasteiger partial charge is 0.380 e. The van der Waals surface area contributed by atoms with E-state index in [1.54, 1.807) is 6.20 Å². The molecule has 1 atom stereocenters. The normalized spacial score (nSPS) is 19.7. The summed E-state index contributed by atoms with van der Waals surface area (Å²) < 4.78 is 5.42. The molecule has 1 aliphatic rings. The molecule has 23 heavy (non-hydrogen) atoms. The monoisotopic (exact) mass is 320 g/mol. The Labute approximate surface area is 138 Å². The number of piperazine rings is 1. The van der Waals surface area contributed by atoms with Gasteiger partial charge in [-0.3, -0.25) is 19.6 Å². The number of hydrogen-bond donors (Lipinski definition) is 1. The average molecular weight is 320 g/mol. The molecule has 0 radical (unpaired) electrons. The lowest BCUT2D eigenvalue weighted by molar-refractivity contribution is -0.123. The van der Waals surface area contributed by atoms with Crippen LogP contribution >= 0.6 is 0 Å². The van der Waals surface area contributed by atoms with Gasteiger partial charge in [-0.2, -0.15) is 0 Å². The number of carbonyl (C=O) groups excluding carboxylic acids is 1. The Morgan fingerprint density at radius 1 is 1.43 bits per heavy atom. The third-order valence-corrected chi connectivity index (χ3v) is 4.14. The summed E-state index contributed by atoms with van der Waals surface area (Å²) in [6.07, 6.45) is 1.74. The third kappa shape index (κ3) is 6.25. The van der Waals surface area contributed by atoms with Crippen molar-refractivity contribution in [3.8, 4) is 0 Å². The maximum absolute atomic E-state index is 12.1. The van der Waals surface area contributed by atoms with Gasteiger partial charge in [0, 0.05) is 45.0 Å². The van der Waals surface area contributed by atoms with Crippen molar-refractivity contribution in [2.45, 2.75) is 26.4 Å². The fourth-order valence-electron chi connectivity index (χ4n) is 2.82. The van der Waals surface area contributed by atoms with Crippen molar-refractivity contribution in [3.63, 3.8) is 0 Å². The van der Waals surface area contributed by atoms with Crippen LogP contribution in [0.5, 0.6) is 0 Å². The number of ether oxygens (including phenoxy) is 1. The van der Waals surface area contributed by atoms with Crippen molar-refractivity contribution in [1.29, 1.82) is 0 Å². The van der Waals surface area contributed by atoms with Crippen molar-refractivity contribution in [1.82, 2.24) is 20.1 Å². The third-order valence-electron chi connectivity index (χ3n) is 4.14. The van der Waals surface area contributed by atoms with Crippen LogP contribution in [-0.4, -0.2) is 72.7 Å². The van der Waals surface area contributed by atoms with Crippen LogP contribution in [0.1, 0.15) is 19.5 Å². The molecule has 0 aromatic carbocycles. The van der Waals surface area contributed by atoms with E-state index in [9.17, 15) is 4.79 Å². The molecule has 6 nitrogen and oxygen atoms in total. The van der Waals surface area contributed by atoms with Gasteiger partial charge in [0.2, 0.25) is 5.91 Å². The number of rotatable bonds is 8. The summed E-state index contributed by atoms with van der Waals surface area (Å²) in [6.45, 7) is 10.5. The van der Waals surface area contributed by atoms with Crippen molar-refractivity contribution in [2.24, 2.45) is 0 Å². The van der Waals surface area contributed by atoms with E-state index in [-0.39, 0.29) is 5.91 Å². The molecule has 2 rings (SSSR count). The highest BCUT2D eigenvalue weighted by Crippen LogP contribution is 2.08. The molecule has 1 aromatic rings. The molecule has 1 amide bonds. The second kappa shape index (κ2) is 9.60. The fraction of sp³-hybridized carbons (Fsp3) is 0.647. The topological polar surface area (TPSA) is 57.7 Å². The molecule has 1 N–H and O–H groups in total. The Kier molecular flexibility index (Phi) is 7.45. The minimum Gasteiger partial charge on any atom is -0.380 e. The highest BCUT2D eigenvalue weighted by Gasteiger charge is 2.24. The van der Waals surface area contributed by atoms with Crippen LogP contribution in [0.3, 0.4) is 0 Å². The maximum Gasteiger partial charge on any atom is 0.234 e. The average Bonchev–Trinajstić information content (AvgIpc) is 2.56. The number of nitrogens with one attached hydrogen (secondary N) is 1. The SMILES string of the molecule is CCOCCN1CCN(CC(=O)NCc2ccccn2)CC1C. The molecule has 0 spiro atoms. The van der Waals surface area contributed by atoms with E-state index in [0.29, 0.717) is 19.1 Å². The zero-order valence-electron chi connectivity index (χ0n) is 14.2. The van der Waals surface area contributed by atoms with E-state index in [1.807, 2.05) is 25.1 Å². The van der Waals surface area contributed by atoms with Gasteiger partial charge in [0.1, 0.15) is 0 Å². The lowest BCUT2D eigenvalue weighted by atomic mass is 10.2. The number of pyridine rings is 1. The van der Waals surface area contributed by atoms with E-state index in [0.717, 1.165) is 45.1 Å². The van der Waals surface area contributed by atoms with E-state index >= 15 is 0 Å². The van der Waals surface area contributed by atoms with Crippen LogP contribution in [0.4, 0.5) is 0 Å². The second-order valence-corrected chi connectivity index (χ2v) is 5.91. The smallest absolute Gasteiger partial charge is 0.234 e. The van der Waals surface area contributed by atoms with E-state index in [2.05, 4.69) is 27.0 Å². The number of aromatic nitrogens is 1. The summed E-state index contributed by atoms with van der Waals surface area (Å²) in [5.41, 5.74) is 0.884. The first-order valence-electron chi connectivity index (χ1n) is 8.39. The van der Waals surface area contributed by atoms with Gasteiger partial charge in [0.15, 0.2) is 0 Å². The molecular formula is C17H28N4O2. The van der Waals surface area contributed by atoms with Gasteiger partial charge in [-0.15, -0.1) is 0 Å². The standard InChI is InChI=1S/C17H28N4O2/c1-3-23-11-10-21-9-8-20(13-15(21)2)14-17(22)19-12-16-6-4-5-7-18-16/h4-7,15H,3,8-14H2,1-2H3,(H,19,22). The van der Waals surface area contributed by atoms with Crippen molar-refractivity contribution in [3.05, 3.63) is 30.1 Å². The zero-order chi connectivity index (χ0) is 16.5. The number of carbonyl (C=O) groups is 1. The first-order chi connectivity index (χ1) is 11.2. The van der Waals surface area contributed by atoms with Crippen LogP contribution in [0.15, 0.2) is 24.4 Å². The Morgan fingerprint density at radius 3 is 3.00 bits per heavy atom. The maximum atomic E-state index is 12.1. The summed E-state index contributed by atoms with van der Waals surface area (Å²) in [4.78, 5) is 20.9. The summed E-state index contributed by atoms with van der Waals surface area (Å²) in [6, 6.07) is 6.17. The number of amides is 1. The summed E-state index contributed by atoms with van der Waals surface area (Å²) >= 11 is 0. The molecule has 0 aliphatic carbocycles. The molecule has 1 fully saturated rings. The molecule has 1 aromatic heterocycles. The summed E-state index contributed by atoms with van der Waals surface area (Å²) in [7, 11) is 0. The Balaban J connectivity index is 1.67. The molecular weight excluding hydrogens is 292 g/mol. The quantitative estimate of drug-likeness (QED) is 0.716. The lowest BCUT2D eigenvalue weighted by Gasteiger charge is -2.39. The molecule has 1 aliphatic heterocycles. The Morgan fingerprint density at radius 2 is 2.30 bits per heavy atom. The molecule has 2 heterocycles. The van der Waals surface area contributed by atoms with Gasteiger partial charge in [-0.05, 0) is 26.0 Å². The van der Waals surface area contributed by atoms with E-state index in [1.165, 1.54) is 0 Å². The molecule has 0 bridgehead atoms. The highest BCUT2D eigenvalue weighted by atomic mass is 16.5. The Bertz CT molecular complexity index is 469. The zero-order valence-corrected chi connectivity index (χ0v) is 14.2. The minimum absolute atomic E-state index is 0.0608. The van der Waals surface area contributed by atoms with Crippen molar-refractivity contribution >= 4 is 5.91 Å². The number of nitrogens with zero attached hydrogens (tertiary/aromatic N) is 3. The van der Waals surface area contributed by atoms with Gasteiger partial charge in [-0.25, -0.2) is 0 Å². The van der Waals surface area contributed by atoms with Gasteiger partial charge in [0.25, 0.3) is 0 Å². The first-order valence-corrected chi connectivity index (χ1v) is 8.39. The van der Waals surface area contributed by atoms with Gasteiger partial charge < -0.3 is 10.1 Å². The van der Waals surface area contributed by atoms with Crippen LogP contribution in [0, 0.1) is 0 Å². The van der Waals surface area contributed by atoms with Crippen LogP contribution < -0.4 is 5.32 Å². The summed E-state index contributed by atoms with van der Waals surface area (Å²) in [5, 5.41) is 2.94. The fourth-order valence-corrected chi connectivity index (χ4v) is 2.82. The lowest BCUT2D eigenvalue weighted by Crippen LogP contribution is -2.54. The Hall–Kier alpha value is -1.50. The second-order valence-electron chi connectivity index (χ2n) is 5.91. The van der Waals surface area contributed by atoms with Crippen LogP contribution in [0.2, 0.25) is 0 Å². The minimum atomic E-state index is 0.0608. The van der Waals surface area contributed by atoms with Crippen LogP contribution in [-0.2, 0) is 16.1 Å². The highest BCUT2D eigenvalue weighted by molar-refractivity contribution is 5.77. The van der Waals surface area contributed by atoms with E-state index < -0.39 is 0 Å². The molecule has 1 unspecified atom stereocenters. The molecule has 6 heteroatoms. The van der Waals surface area contributed by atoms with Gasteiger partial charge >= 0.3 is 0 Å². The van der Waals surface area contributed by atoms with Gasteiger partial charge in [-0.1, -0.05) is 6.07 Å². The van der Waals surface area contributed by atoms with E-state index in [4.69, 9.17) is 4.74 Å².